The van der Waals surface area contributed by atoms with Gasteiger partial charge in [0, 0.05) is 11.8 Å². The third kappa shape index (κ3) is 3.98. The number of carboxylic acid groups (broad SMARTS) is 1. The molecule has 19 heavy (non-hydrogen) atoms. The van der Waals surface area contributed by atoms with Crippen LogP contribution in [0.1, 0.15) is 26.3 Å². The second kappa shape index (κ2) is 6.78. The van der Waals surface area contributed by atoms with Crippen molar-refractivity contribution in [2.45, 2.75) is 26.8 Å². The molecule has 0 radical (unpaired) electrons. The van der Waals surface area contributed by atoms with Crippen LogP contribution in [-0.4, -0.2) is 35.0 Å². The Hall–Kier alpha value is -2.04. The van der Waals surface area contributed by atoms with E-state index in [1.54, 1.807) is 32.0 Å². The van der Waals surface area contributed by atoms with E-state index in [1.165, 1.54) is 6.21 Å². The van der Waals surface area contributed by atoms with Crippen molar-refractivity contribution in [1.29, 1.82) is 0 Å². The fourth-order valence-electron chi connectivity index (χ4n) is 1.60. The molecular formula is C14H19NO4. The van der Waals surface area contributed by atoms with E-state index in [9.17, 15) is 9.90 Å². The highest BCUT2D eigenvalue weighted by Gasteiger charge is 2.19. The van der Waals surface area contributed by atoms with Crippen LogP contribution in [0.3, 0.4) is 0 Å². The van der Waals surface area contributed by atoms with E-state index in [2.05, 4.69) is 4.99 Å². The molecule has 2 N–H and O–H groups in total. The van der Waals surface area contributed by atoms with Gasteiger partial charge in [-0.1, -0.05) is 19.9 Å². The lowest BCUT2D eigenvalue weighted by molar-refractivity contribution is -0.139. The highest BCUT2D eigenvalue weighted by molar-refractivity contribution is 5.87. The number of aliphatic carboxylic acids is 1. The third-order valence-corrected chi connectivity index (χ3v) is 2.59. The number of hydrogen-bond acceptors (Lipinski definition) is 4. The van der Waals surface area contributed by atoms with Gasteiger partial charge in [-0.2, -0.15) is 0 Å². The number of nitrogens with zero attached hydrogens (tertiary/aromatic N) is 1. The Morgan fingerprint density at radius 2 is 2.16 bits per heavy atom. The van der Waals surface area contributed by atoms with Crippen molar-refractivity contribution in [3.8, 4) is 11.5 Å². The van der Waals surface area contributed by atoms with E-state index in [0.29, 0.717) is 17.9 Å². The molecule has 0 saturated carbocycles. The number of carboxylic acids is 1. The molecule has 0 fully saturated rings. The molecule has 0 bridgehead atoms. The lowest BCUT2D eigenvalue weighted by atomic mass is 10.1. The quantitative estimate of drug-likeness (QED) is 0.774. The van der Waals surface area contributed by atoms with Crippen molar-refractivity contribution in [1.82, 2.24) is 0 Å². The molecule has 5 heteroatoms. The van der Waals surface area contributed by atoms with Crippen molar-refractivity contribution < 1.29 is 19.7 Å². The Kier molecular flexibility index (Phi) is 5.36. The molecule has 0 aliphatic heterocycles. The molecule has 0 aliphatic carbocycles. The van der Waals surface area contributed by atoms with Crippen LogP contribution in [-0.2, 0) is 4.79 Å². The van der Waals surface area contributed by atoms with Gasteiger partial charge in [-0.15, -0.1) is 0 Å². The van der Waals surface area contributed by atoms with Crippen LogP contribution >= 0.6 is 0 Å². The topological polar surface area (TPSA) is 79.1 Å². The number of hydrogen-bond donors (Lipinski definition) is 2. The Morgan fingerprint density at radius 1 is 1.47 bits per heavy atom. The number of ether oxygens (including phenoxy) is 1. The maximum absolute atomic E-state index is 11.0. The molecule has 0 saturated heterocycles. The van der Waals surface area contributed by atoms with Gasteiger partial charge in [0.2, 0.25) is 0 Å². The number of phenolic OH excluding ortho intramolecular Hbond substituents is 1. The third-order valence-electron chi connectivity index (χ3n) is 2.59. The minimum atomic E-state index is -0.980. The summed E-state index contributed by atoms with van der Waals surface area (Å²) in [5.41, 5.74) is 0.442. The number of aliphatic imine (C=N–C) groups is 1. The van der Waals surface area contributed by atoms with E-state index in [-0.39, 0.29) is 11.7 Å². The summed E-state index contributed by atoms with van der Waals surface area (Å²) in [4.78, 5) is 15.0. The minimum Gasteiger partial charge on any atom is -0.504 e. The highest BCUT2D eigenvalue weighted by Crippen LogP contribution is 2.28. The zero-order valence-electron chi connectivity index (χ0n) is 11.3. The monoisotopic (exact) mass is 265 g/mol. The molecule has 5 nitrogen and oxygen atoms in total. The van der Waals surface area contributed by atoms with Crippen LogP contribution in [0.15, 0.2) is 23.2 Å². The average molecular weight is 265 g/mol. The lowest BCUT2D eigenvalue weighted by Crippen LogP contribution is -2.24. The first-order valence-electron chi connectivity index (χ1n) is 6.18. The van der Waals surface area contributed by atoms with Crippen LogP contribution in [0.2, 0.25) is 0 Å². The number of rotatable bonds is 6. The molecule has 1 aromatic rings. The van der Waals surface area contributed by atoms with E-state index >= 15 is 0 Å². The predicted octanol–water partition coefficient (Wildman–Crippen LogP) is 2.32. The first kappa shape index (κ1) is 15.0. The van der Waals surface area contributed by atoms with Crippen molar-refractivity contribution in [3.63, 3.8) is 0 Å². The van der Waals surface area contributed by atoms with Crippen molar-refractivity contribution in [3.05, 3.63) is 23.8 Å². The number of benzene rings is 1. The smallest absolute Gasteiger partial charge is 0.328 e. The maximum Gasteiger partial charge on any atom is 0.328 e. The summed E-state index contributed by atoms with van der Waals surface area (Å²) in [6.07, 6.45) is 1.37. The summed E-state index contributed by atoms with van der Waals surface area (Å²) in [6, 6.07) is 4.20. The summed E-state index contributed by atoms with van der Waals surface area (Å²) < 4.78 is 5.25. The van der Waals surface area contributed by atoms with E-state index in [0.717, 1.165) is 0 Å². The maximum atomic E-state index is 11.0. The molecule has 0 aliphatic rings. The van der Waals surface area contributed by atoms with E-state index in [4.69, 9.17) is 9.84 Å². The molecule has 0 amide bonds. The van der Waals surface area contributed by atoms with Gasteiger partial charge in [-0.25, -0.2) is 4.79 Å². The Bertz CT molecular complexity index is 469. The Morgan fingerprint density at radius 3 is 2.68 bits per heavy atom. The molecule has 0 spiro atoms. The van der Waals surface area contributed by atoms with Gasteiger partial charge in [0.25, 0.3) is 0 Å². The summed E-state index contributed by atoms with van der Waals surface area (Å²) in [5, 5.41) is 19.0. The summed E-state index contributed by atoms with van der Waals surface area (Å²) in [7, 11) is 0. The Balaban J connectivity index is 2.98. The van der Waals surface area contributed by atoms with Gasteiger partial charge in [0.1, 0.15) is 6.04 Å². The molecule has 1 atom stereocenters. The van der Waals surface area contributed by atoms with Gasteiger partial charge in [-0.3, -0.25) is 4.99 Å². The van der Waals surface area contributed by atoms with Gasteiger partial charge in [-0.05, 0) is 25.0 Å². The van der Waals surface area contributed by atoms with Gasteiger partial charge < -0.3 is 14.9 Å². The Labute approximate surface area is 112 Å². The lowest BCUT2D eigenvalue weighted by Gasteiger charge is -2.11. The summed E-state index contributed by atoms with van der Waals surface area (Å²) >= 11 is 0. The van der Waals surface area contributed by atoms with Crippen LogP contribution in [0.5, 0.6) is 11.5 Å². The van der Waals surface area contributed by atoms with E-state index < -0.39 is 12.0 Å². The summed E-state index contributed by atoms with van der Waals surface area (Å²) in [5.74, 6) is -0.762. The van der Waals surface area contributed by atoms with Gasteiger partial charge in [0.05, 0.1) is 6.61 Å². The minimum absolute atomic E-state index is 0.0269. The van der Waals surface area contributed by atoms with Crippen LogP contribution in [0.25, 0.3) is 0 Å². The van der Waals surface area contributed by atoms with Crippen molar-refractivity contribution in [2.24, 2.45) is 10.9 Å². The second-order valence-corrected chi connectivity index (χ2v) is 4.43. The molecule has 1 aromatic carbocycles. The van der Waals surface area contributed by atoms with Crippen molar-refractivity contribution >= 4 is 12.2 Å². The average Bonchev–Trinajstić information content (AvgIpc) is 2.33. The van der Waals surface area contributed by atoms with Crippen LogP contribution in [0.4, 0.5) is 0 Å². The molecule has 1 rings (SSSR count). The zero-order valence-corrected chi connectivity index (χ0v) is 11.3. The molecular weight excluding hydrogens is 246 g/mol. The second-order valence-electron chi connectivity index (χ2n) is 4.43. The van der Waals surface area contributed by atoms with Crippen molar-refractivity contribution in [2.75, 3.05) is 6.61 Å². The standard InChI is InChI=1S/C14H19NO4/c1-4-19-11-7-5-6-10(13(11)16)8-15-12(9(2)3)14(17)18/h5-9,12,16H,4H2,1-3H3,(H,17,18)/t12-/m0/s1. The highest BCUT2D eigenvalue weighted by atomic mass is 16.5. The van der Waals surface area contributed by atoms with Crippen LogP contribution < -0.4 is 4.74 Å². The fourth-order valence-corrected chi connectivity index (χ4v) is 1.60. The fraction of sp³-hybridized carbons (Fsp3) is 0.429. The number of phenols is 1. The number of carbonyl (C=O) groups is 1. The van der Waals surface area contributed by atoms with Crippen LogP contribution in [0, 0.1) is 5.92 Å². The molecule has 0 aromatic heterocycles. The zero-order chi connectivity index (χ0) is 14.4. The van der Waals surface area contributed by atoms with Gasteiger partial charge in [0.15, 0.2) is 11.5 Å². The largest absolute Gasteiger partial charge is 0.504 e. The van der Waals surface area contributed by atoms with Gasteiger partial charge >= 0.3 is 5.97 Å². The normalized spacial score (nSPS) is 12.8. The molecule has 104 valence electrons. The SMILES string of the molecule is CCOc1cccc(C=N[C@H](C(=O)O)C(C)C)c1O. The first-order valence-corrected chi connectivity index (χ1v) is 6.18. The predicted molar refractivity (Wildman–Crippen MR) is 73.1 cm³/mol. The molecule has 0 heterocycles. The van der Waals surface area contributed by atoms with E-state index in [1.807, 2.05) is 6.92 Å². The summed E-state index contributed by atoms with van der Waals surface area (Å²) in [6.45, 7) is 5.83. The number of para-hydroxylation sites is 1. The first-order chi connectivity index (χ1) is 8.97. The number of aromatic hydroxyl groups is 1. The molecule has 0 unspecified atom stereocenters.